The Morgan fingerprint density at radius 1 is 1.33 bits per heavy atom. The number of aliphatic hydroxyl groups is 1. The molecule has 18 heavy (non-hydrogen) atoms. The molecule has 100 valence electrons. The minimum atomic E-state index is -0.655. The quantitative estimate of drug-likeness (QED) is 0.822. The van der Waals surface area contributed by atoms with Gasteiger partial charge in [-0.3, -0.25) is 0 Å². The number of rotatable bonds is 5. The van der Waals surface area contributed by atoms with Crippen molar-refractivity contribution in [3.05, 3.63) is 35.4 Å². The monoisotopic (exact) mass is 246 g/mol. The lowest BCUT2D eigenvalue weighted by atomic mass is 9.75. The van der Waals surface area contributed by atoms with Crippen molar-refractivity contribution in [2.45, 2.75) is 58.5 Å². The van der Waals surface area contributed by atoms with E-state index in [4.69, 9.17) is 0 Å². The van der Waals surface area contributed by atoms with Crippen LogP contribution in [0, 0.1) is 11.8 Å². The second kappa shape index (κ2) is 5.44. The van der Waals surface area contributed by atoms with Crippen LogP contribution in [-0.2, 0) is 12.0 Å². The molecule has 1 nitrogen and oxygen atoms in total. The minimum Gasteiger partial charge on any atom is -0.385 e. The summed E-state index contributed by atoms with van der Waals surface area (Å²) >= 11 is 0. The fourth-order valence-electron chi connectivity index (χ4n) is 2.88. The first-order chi connectivity index (χ1) is 8.47. The molecule has 1 aromatic rings. The van der Waals surface area contributed by atoms with E-state index in [1.54, 1.807) is 0 Å². The molecular formula is C17H26O. The van der Waals surface area contributed by atoms with Gasteiger partial charge in [0.05, 0.1) is 5.60 Å². The van der Waals surface area contributed by atoms with Crippen LogP contribution in [0.25, 0.3) is 0 Å². The summed E-state index contributed by atoms with van der Waals surface area (Å²) in [4.78, 5) is 0. The van der Waals surface area contributed by atoms with E-state index in [0.717, 1.165) is 24.3 Å². The van der Waals surface area contributed by atoms with Crippen molar-refractivity contribution in [1.82, 2.24) is 0 Å². The average Bonchev–Trinajstić information content (AvgIpc) is 2.23. The normalized spacial score (nSPS) is 19.6. The molecule has 0 saturated heterocycles. The van der Waals surface area contributed by atoms with Crippen molar-refractivity contribution < 1.29 is 5.11 Å². The molecular weight excluding hydrogens is 220 g/mol. The van der Waals surface area contributed by atoms with Gasteiger partial charge in [-0.25, -0.2) is 0 Å². The third-order valence-electron chi connectivity index (χ3n) is 4.10. The summed E-state index contributed by atoms with van der Waals surface area (Å²) in [6.45, 7) is 6.44. The van der Waals surface area contributed by atoms with Crippen LogP contribution in [-0.4, -0.2) is 5.11 Å². The van der Waals surface area contributed by atoms with Gasteiger partial charge in [-0.1, -0.05) is 57.4 Å². The first kappa shape index (κ1) is 13.6. The summed E-state index contributed by atoms with van der Waals surface area (Å²) < 4.78 is 0. The molecule has 0 spiro atoms. The van der Waals surface area contributed by atoms with E-state index < -0.39 is 5.60 Å². The molecule has 2 rings (SSSR count). The summed E-state index contributed by atoms with van der Waals surface area (Å²) in [5.41, 5.74) is 1.78. The standard InChI is InChI=1S/C17H26O/c1-13(2)10-15-8-5-9-16(11-15)17(3,18)12-14-6-4-7-14/h5,8-9,11,13-14,18H,4,6-7,10,12H2,1-3H3. The predicted molar refractivity (Wildman–Crippen MR) is 76.5 cm³/mol. The largest absolute Gasteiger partial charge is 0.385 e. The molecule has 0 heterocycles. The van der Waals surface area contributed by atoms with Gasteiger partial charge in [0.2, 0.25) is 0 Å². The van der Waals surface area contributed by atoms with E-state index in [1.807, 2.05) is 6.92 Å². The molecule has 1 aliphatic rings. The van der Waals surface area contributed by atoms with Crippen molar-refractivity contribution in [3.63, 3.8) is 0 Å². The lowest BCUT2D eigenvalue weighted by molar-refractivity contribution is 0.0161. The average molecular weight is 246 g/mol. The van der Waals surface area contributed by atoms with Crippen molar-refractivity contribution in [3.8, 4) is 0 Å². The number of benzene rings is 1. The van der Waals surface area contributed by atoms with Gasteiger partial charge in [0.25, 0.3) is 0 Å². The van der Waals surface area contributed by atoms with Gasteiger partial charge in [-0.05, 0) is 42.7 Å². The molecule has 1 aromatic carbocycles. The lowest BCUT2D eigenvalue weighted by Crippen LogP contribution is -2.28. The Hall–Kier alpha value is -0.820. The lowest BCUT2D eigenvalue weighted by Gasteiger charge is -2.34. The van der Waals surface area contributed by atoms with E-state index in [2.05, 4.69) is 38.1 Å². The fourth-order valence-corrected chi connectivity index (χ4v) is 2.88. The zero-order chi connectivity index (χ0) is 13.2. The molecule has 1 unspecified atom stereocenters. The molecule has 1 N–H and O–H groups in total. The second-order valence-corrected chi connectivity index (χ2v) is 6.57. The molecule has 0 radical (unpaired) electrons. The van der Waals surface area contributed by atoms with Crippen molar-refractivity contribution >= 4 is 0 Å². The molecule has 1 fully saturated rings. The van der Waals surface area contributed by atoms with Gasteiger partial charge in [-0.2, -0.15) is 0 Å². The van der Waals surface area contributed by atoms with Crippen LogP contribution < -0.4 is 0 Å². The van der Waals surface area contributed by atoms with E-state index >= 15 is 0 Å². The van der Waals surface area contributed by atoms with Crippen molar-refractivity contribution in [1.29, 1.82) is 0 Å². The van der Waals surface area contributed by atoms with Crippen LogP contribution in [0.3, 0.4) is 0 Å². The van der Waals surface area contributed by atoms with E-state index in [9.17, 15) is 5.11 Å². The van der Waals surface area contributed by atoms with Crippen LogP contribution in [0.5, 0.6) is 0 Å². The molecule has 0 aliphatic heterocycles. The zero-order valence-corrected chi connectivity index (χ0v) is 11.9. The SMILES string of the molecule is CC(C)Cc1cccc(C(C)(O)CC2CCC2)c1. The maximum absolute atomic E-state index is 10.7. The van der Waals surface area contributed by atoms with E-state index in [0.29, 0.717) is 5.92 Å². The van der Waals surface area contributed by atoms with Gasteiger partial charge < -0.3 is 5.11 Å². The topological polar surface area (TPSA) is 20.2 Å². The Kier molecular flexibility index (Phi) is 4.11. The molecule has 1 saturated carbocycles. The molecule has 0 amide bonds. The highest BCUT2D eigenvalue weighted by atomic mass is 16.3. The molecule has 1 atom stereocenters. The van der Waals surface area contributed by atoms with Crippen LogP contribution in [0.4, 0.5) is 0 Å². The van der Waals surface area contributed by atoms with Crippen molar-refractivity contribution in [2.75, 3.05) is 0 Å². The van der Waals surface area contributed by atoms with Crippen LogP contribution in [0.15, 0.2) is 24.3 Å². The van der Waals surface area contributed by atoms with Crippen molar-refractivity contribution in [2.24, 2.45) is 11.8 Å². The third-order valence-corrected chi connectivity index (χ3v) is 4.10. The summed E-state index contributed by atoms with van der Waals surface area (Å²) in [6, 6.07) is 8.52. The highest BCUT2D eigenvalue weighted by Crippen LogP contribution is 2.38. The van der Waals surface area contributed by atoms with Gasteiger partial charge in [0.15, 0.2) is 0 Å². The van der Waals surface area contributed by atoms with Gasteiger partial charge in [0, 0.05) is 0 Å². The Labute approximate surface area is 111 Å². The second-order valence-electron chi connectivity index (χ2n) is 6.57. The van der Waals surface area contributed by atoms with Gasteiger partial charge >= 0.3 is 0 Å². The van der Waals surface area contributed by atoms with Crippen LogP contribution in [0.1, 0.15) is 57.6 Å². The number of hydrogen-bond donors (Lipinski definition) is 1. The summed E-state index contributed by atoms with van der Waals surface area (Å²) in [7, 11) is 0. The predicted octanol–water partition coefficient (Wildman–Crippen LogP) is 4.28. The Morgan fingerprint density at radius 3 is 2.61 bits per heavy atom. The number of hydrogen-bond acceptors (Lipinski definition) is 1. The van der Waals surface area contributed by atoms with Gasteiger partial charge in [0.1, 0.15) is 0 Å². The molecule has 0 aromatic heterocycles. The highest BCUT2D eigenvalue weighted by Gasteiger charge is 2.30. The Bertz CT molecular complexity index is 388. The maximum Gasteiger partial charge on any atom is 0.0871 e. The maximum atomic E-state index is 10.7. The Morgan fingerprint density at radius 2 is 2.06 bits per heavy atom. The summed E-state index contributed by atoms with van der Waals surface area (Å²) in [5.74, 6) is 1.39. The molecule has 0 bridgehead atoms. The highest BCUT2D eigenvalue weighted by molar-refractivity contribution is 5.28. The molecule has 1 aliphatic carbocycles. The minimum absolute atomic E-state index is 0.655. The fraction of sp³-hybridized carbons (Fsp3) is 0.647. The van der Waals surface area contributed by atoms with Gasteiger partial charge in [-0.15, -0.1) is 0 Å². The first-order valence-electron chi connectivity index (χ1n) is 7.29. The Balaban J connectivity index is 2.10. The first-order valence-corrected chi connectivity index (χ1v) is 7.29. The molecule has 1 heteroatoms. The van der Waals surface area contributed by atoms with Crippen LogP contribution >= 0.6 is 0 Å². The summed E-state index contributed by atoms with van der Waals surface area (Å²) in [6.07, 6.45) is 5.93. The summed E-state index contributed by atoms with van der Waals surface area (Å²) in [5, 5.41) is 10.7. The smallest absolute Gasteiger partial charge is 0.0871 e. The van der Waals surface area contributed by atoms with E-state index in [1.165, 1.54) is 24.8 Å². The van der Waals surface area contributed by atoms with E-state index in [-0.39, 0.29) is 0 Å². The zero-order valence-electron chi connectivity index (χ0n) is 11.9. The third kappa shape index (κ3) is 3.35. The van der Waals surface area contributed by atoms with Crippen LogP contribution in [0.2, 0.25) is 0 Å².